The van der Waals surface area contributed by atoms with Crippen molar-refractivity contribution in [3.63, 3.8) is 0 Å². The van der Waals surface area contributed by atoms with E-state index in [1.807, 2.05) is 0 Å². The van der Waals surface area contributed by atoms with Gasteiger partial charge in [0.25, 0.3) is 0 Å². The van der Waals surface area contributed by atoms with Crippen LogP contribution in [0.4, 0.5) is 0 Å². The lowest BCUT2D eigenvalue weighted by molar-refractivity contribution is 0.0971. The Morgan fingerprint density at radius 1 is 1.25 bits per heavy atom. The van der Waals surface area contributed by atoms with Crippen molar-refractivity contribution in [1.82, 2.24) is 0 Å². The lowest BCUT2D eigenvalue weighted by Gasteiger charge is -2.20. The molecule has 1 aromatic rings. The van der Waals surface area contributed by atoms with E-state index >= 15 is 0 Å². The second-order valence-corrected chi connectivity index (χ2v) is 7.07. The third kappa shape index (κ3) is 3.50. The summed E-state index contributed by atoms with van der Waals surface area (Å²) in [5.74, 6) is 1.09. The maximum absolute atomic E-state index is 12.2. The van der Waals surface area contributed by atoms with Gasteiger partial charge in [-0.1, -0.05) is 13.0 Å². The molecule has 110 valence electrons. The van der Waals surface area contributed by atoms with Crippen LogP contribution >= 0.6 is 0 Å². The lowest BCUT2D eigenvalue weighted by Crippen LogP contribution is -2.18. The second-order valence-electron chi connectivity index (χ2n) is 4.59. The fourth-order valence-corrected chi connectivity index (χ4v) is 2.90. The summed E-state index contributed by atoms with van der Waals surface area (Å²) in [7, 11) is -3.02. The van der Waals surface area contributed by atoms with Crippen LogP contribution in [-0.4, -0.2) is 38.9 Å². The Hall–Kier alpha value is -1.56. The molecule has 1 heterocycles. The molecule has 1 aliphatic rings. The third-order valence-electron chi connectivity index (χ3n) is 3.17. The number of ether oxygens (including phenoxy) is 2. The topological polar surface area (TPSA) is 69.7 Å². The number of fused-ring (bicyclic) bond motifs is 1. The van der Waals surface area contributed by atoms with E-state index in [1.54, 1.807) is 25.1 Å². The Kier molecular flexibility index (Phi) is 4.65. The van der Waals surface area contributed by atoms with Crippen LogP contribution in [0.1, 0.15) is 30.1 Å². The standard InChI is InChI=1S/C14H18O5S/c1-2-20(16,17)10-4-6-12(15)11-5-3-7-13-14(11)19-9-8-18-13/h3,5,7H,2,4,6,8-10H2,1H3. The number of Topliss-reactive ketones (excluding diaryl/α,β-unsaturated/α-hetero) is 1. The number of carbonyl (C=O) groups excluding carboxylic acids is 1. The number of hydrogen-bond donors (Lipinski definition) is 0. The van der Waals surface area contributed by atoms with E-state index in [9.17, 15) is 13.2 Å². The van der Waals surface area contributed by atoms with Gasteiger partial charge in [0.1, 0.15) is 23.1 Å². The van der Waals surface area contributed by atoms with E-state index in [0.29, 0.717) is 36.7 Å². The van der Waals surface area contributed by atoms with E-state index in [-0.39, 0.29) is 23.7 Å². The highest BCUT2D eigenvalue weighted by molar-refractivity contribution is 7.91. The Morgan fingerprint density at radius 2 is 2.00 bits per heavy atom. The average molecular weight is 298 g/mol. The Balaban J connectivity index is 2.03. The van der Waals surface area contributed by atoms with Crippen molar-refractivity contribution >= 4 is 15.6 Å². The fraction of sp³-hybridized carbons (Fsp3) is 0.500. The van der Waals surface area contributed by atoms with Gasteiger partial charge < -0.3 is 9.47 Å². The van der Waals surface area contributed by atoms with Gasteiger partial charge in [0.05, 0.1) is 11.3 Å². The van der Waals surface area contributed by atoms with Gasteiger partial charge in [0.2, 0.25) is 0 Å². The molecule has 1 aromatic carbocycles. The first kappa shape index (κ1) is 14.8. The first-order chi connectivity index (χ1) is 9.53. The molecule has 0 aromatic heterocycles. The SMILES string of the molecule is CCS(=O)(=O)CCCC(=O)c1cccc2c1OCCO2. The largest absolute Gasteiger partial charge is 0.486 e. The quantitative estimate of drug-likeness (QED) is 0.750. The number of para-hydroxylation sites is 1. The van der Waals surface area contributed by atoms with Crippen molar-refractivity contribution in [1.29, 1.82) is 0 Å². The molecule has 0 N–H and O–H groups in total. The summed E-state index contributed by atoms with van der Waals surface area (Å²) in [4.78, 5) is 12.2. The van der Waals surface area contributed by atoms with Gasteiger partial charge in [-0.3, -0.25) is 4.79 Å². The Morgan fingerprint density at radius 3 is 2.75 bits per heavy atom. The fourth-order valence-electron chi connectivity index (χ4n) is 2.02. The highest BCUT2D eigenvalue weighted by Gasteiger charge is 2.20. The van der Waals surface area contributed by atoms with Crippen molar-refractivity contribution in [2.75, 3.05) is 24.7 Å². The molecule has 0 amide bonds. The minimum atomic E-state index is -3.02. The summed E-state index contributed by atoms with van der Waals surface area (Å²) in [6, 6.07) is 5.18. The number of benzene rings is 1. The van der Waals surface area contributed by atoms with Crippen LogP contribution in [0.2, 0.25) is 0 Å². The molecule has 0 bridgehead atoms. The molecular weight excluding hydrogens is 280 g/mol. The van der Waals surface area contributed by atoms with Crippen molar-refractivity contribution in [2.24, 2.45) is 0 Å². The van der Waals surface area contributed by atoms with Gasteiger partial charge in [0.15, 0.2) is 17.3 Å². The normalized spacial score (nSPS) is 14.1. The van der Waals surface area contributed by atoms with Gasteiger partial charge in [-0.25, -0.2) is 8.42 Å². The van der Waals surface area contributed by atoms with Crippen LogP contribution in [0.5, 0.6) is 11.5 Å². The number of carbonyl (C=O) groups is 1. The summed E-state index contributed by atoms with van der Waals surface area (Å²) in [6.07, 6.45) is 0.526. The van der Waals surface area contributed by atoms with Crippen molar-refractivity contribution < 1.29 is 22.7 Å². The van der Waals surface area contributed by atoms with Crippen molar-refractivity contribution in [2.45, 2.75) is 19.8 Å². The average Bonchev–Trinajstić information content (AvgIpc) is 2.46. The molecule has 6 heteroatoms. The zero-order chi connectivity index (χ0) is 14.6. The first-order valence-electron chi connectivity index (χ1n) is 6.66. The van der Waals surface area contributed by atoms with Crippen LogP contribution in [0, 0.1) is 0 Å². The third-order valence-corrected chi connectivity index (χ3v) is 4.96. The van der Waals surface area contributed by atoms with Crippen molar-refractivity contribution in [3.8, 4) is 11.5 Å². The molecule has 0 atom stereocenters. The molecule has 0 aliphatic carbocycles. The van der Waals surface area contributed by atoms with Crippen molar-refractivity contribution in [3.05, 3.63) is 23.8 Å². The molecule has 0 radical (unpaired) electrons. The van der Waals surface area contributed by atoms with Gasteiger partial charge in [-0.2, -0.15) is 0 Å². The van der Waals surface area contributed by atoms with E-state index in [2.05, 4.69) is 0 Å². The van der Waals surface area contributed by atoms with Crippen LogP contribution < -0.4 is 9.47 Å². The predicted octanol–water partition coefficient (Wildman–Crippen LogP) is 1.86. The first-order valence-corrected chi connectivity index (χ1v) is 8.48. The molecule has 2 rings (SSSR count). The van der Waals surface area contributed by atoms with E-state index in [0.717, 1.165) is 0 Å². The summed E-state index contributed by atoms with van der Waals surface area (Å²) in [5.41, 5.74) is 0.469. The highest BCUT2D eigenvalue weighted by Crippen LogP contribution is 2.34. The monoisotopic (exact) mass is 298 g/mol. The molecule has 5 nitrogen and oxygen atoms in total. The van der Waals surface area contributed by atoms with Crippen LogP contribution in [-0.2, 0) is 9.84 Å². The predicted molar refractivity (Wildman–Crippen MR) is 75.3 cm³/mol. The summed E-state index contributed by atoms with van der Waals surface area (Å²) >= 11 is 0. The molecule has 0 fully saturated rings. The van der Waals surface area contributed by atoms with E-state index in [4.69, 9.17) is 9.47 Å². The summed E-state index contributed by atoms with van der Waals surface area (Å²) < 4.78 is 33.7. The molecule has 0 unspecified atom stereocenters. The number of sulfone groups is 1. The minimum Gasteiger partial charge on any atom is -0.486 e. The van der Waals surface area contributed by atoms with Gasteiger partial charge in [-0.05, 0) is 18.6 Å². The Bertz CT molecular complexity index is 592. The summed E-state index contributed by atoms with van der Waals surface area (Å²) in [6.45, 7) is 2.50. The number of ketones is 1. The molecular formula is C14H18O5S. The maximum Gasteiger partial charge on any atom is 0.172 e. The maximum atomic E-state index is 12.2. The lowest BCUT2D eigenvalue weighted by atomic mass is 10.1. The zero-order valence-corrected chi connectivity index (χ0v) is 12.2. The summed E-state index contributed by atoms with van der Waals surface area (Å²) in [5, 5.41) is 0. The van der Waals surface area contributed by atoms with Gasteiger partial charge in [0, 0.05) is 12.2 Å². The van der Waals surface area contributed by atoms with E-state index < -0.39 is 9.84 Å². The molecule has 0 spiro atoms. The second kappa shape index (κ2) is 6.26. The molecule has 20 heavy (non-hydrogen) atoms. The number of hydrogen-bond acceptors (Lipinski definition) is 5. The molecule has 1 aliphatic heterocycles. The highest BCUT2D eigenvalue weighted by atomic mass is 32.2. The van der Waals surface area contributed by atoms with E-state index in [1.165, 1.54) is 0 Å². The van der Waals surface area contributed by atoms with Crippen LogP contribution in [0.3, 0.4) is 0 Å². The minimum absolute atomic E-state index is 0.0433. The van der Waals surface area contributed by atoms with Gasteiger partial charge in [-0.15, -0.1) is 0 Å². The smallest absolute Gasteiger partial charge is 0.172 e. The Labute approximate surface area is 118 Å². The van der Waals surface area contributed by atoms with Gasteiger partial charge >= 0.3 is 0 Å². The molecule has 0 saturated heterocycles. The van der Waals surface area contributed by atoms with Crippen LogP contribution in [0.25, 0.3) is 0 Å². The molecule has 0 saturated carbocycles. The number of rotatable bonds is 6. The zero-order valence-electron chi connectivity index (χ0n) is 11.4. The van der Waals surface area contributed by atoms with Crippen LogP contribution in [0.15, 0.2) is 18.2 Å².